The molecular formula is C14H21N3O2. The number of aromatic nitrogens is 1. The van der Waals surface area contributed by atoms with Gasteiger partial charge in [-0.25, -0.2) is 4.98 Å². The van der Waals surface area contributed by atoms with Crippen molar-refractivity contribution in [2.75, 3.05) is 26.7 Å². The van der Waals surface area contributed by atoms with Crippen molar-refractivity contribution in [3.05, 3.63) is 24.0 Å². The number of amides is 1. The Labute approximate surface area is 113 Å². The van der Waals surface area contributed by atoms with Crippen molar-refractivity contribution in [1.29, 1.82) is 0 Å². The third-order valence-corrected chi connectivity index (χ3v) is 3.62. The summed E-state index contributed by atoms with van der Waals surface area (Å²) < 4.78 is 0. The van der Waals surface area contributed by atoms with Crippen LogP contribution in [0.1, 0.15) is 30.3 Å². The molecule has 1 amide bonds. The van der Waals surface area contributed by atoms with Gasteiger partial charge in [0.2, 0.25) is 0 Å². The SMILES string of the molecule is CCC1CN(C)CCCN1C(=O)c1ncccc1O. The normalized spacial score (nSPS) is 21.2. The molecule has 1 atom stereocenters. The smallest absolute Gasteiger partial charge is 0.276 e. The summed E-state index contributed by atoms with van der Waals surface area (Å²) in [4.78, 5) is 20.7. The summed E-state index contributed by atoms with van der Waals surface area (Å²) >= 11 is 0. The van der Waals surface area contributed by atoms with Crippen LogP contribution in [0, 0.1) is 0 Å². The van der Waals surface area contributed by atoms with Crippen LogP contribution in [0.3, 0.4) is 0 Å². The Kier molecular flexibility index (Phi) is 4.37. The molecule has 1 N–H and O–H groups in total. The van der Waals surface area contributed by atoms with Gasteiger partial charge in [0.1, 0.15) is 5.75 Å². The maximum absolute atomic E-state index is 12.5. The number of likely N-dealkylation sites (N-methyl/N-ethyl adjacent to an activating group) is 1. The molecule has 1 aliphatic heterocycles. The van der Waals surface area contributed by atoms with E-state index in [4.69, 9.17) is 0 Å². The monoisotopic (exact) mass is 263 g/mol. The first-order valence-electron chi connectivity index (χ1n) is 6.77. The van der Waals surface area contributed by atoms with Crippen LogP contribution >= 0.6 is 0 Å². The Bertz CT molecular complexity index is 450. The number of hydrogen-bond acceptors (Lipinski definition) is 4. The summed E-state index contributed by atoms with van der Waals surface area (Å²) in [5.41, 5.74) is 0.158. The summed E-state index contributed by atoms with van der Waals surface area (Å²) in [5, 5.41) is 9.77. The molecular weight excluding hydrogens is 242 g/mol. The molecule has 5 heteroatoms. The highest BCUT2D eigenvalue weighted by atomic mass is 16.3. The number of hydrogen-bond donors (Lipinski definition) is 1. The Balaban J connectivity index is 2.23. The molecule has 0 aliphatic carbocycles. The minimum atomic E-state index is -0.166. The van der Waals surface area contributed by atoms with Crippen LogP contribution in [0.2, 0.25) is 0 Å². The fraction of sp³-hybridized carbons (Fsp3) is 0.571. The fourth-order valence-corrected chi connectivity index (χ4v) is 2.56. The third-order valence-electron chi connectivity index (χ3n) is 3.62. The lowest BCUT2D eigenvalue weighted by molar-refractivity contribution is 0.0666. The Morgan fingerprint density at radius 3 is 3.00 bits per heavy atom. The van der Waals surface area contributed by atoms with Gasteiger partial charge in [-0.3, -0.25) is 4.79 Å². The lowest BCUT2D eigenvalue weighted by atomic mass is 10.1. The molecule has 0 aromatic carbocycles. The number of carbonyl (C=O) groups is 1. The molecule has 1 saturated heterocycles. The van der Waals surface area contributed by atoms with E-state index in [2.05, 4.69) is 23.9 Å². The standard InChI is InChI=1S/C14H21N3O2/c1-3-11-10-16(2)8-5-9-17(11)14(19)13-12(18)6-4-7-15-13/h4,6-7,11,18H,3,5,8-10H2,1-2H3. The molecule has 0 spiro atoms. The lowest BCUT2D eigenvalue weighted by Crippen LogP contribution is -2.43. The van der Waals surface area contributed by atoms with Crippen LogP contribution in [-0.2, 0) is 0 Å². The van der Waals surface area contributed by atoms with E-state index in [0.29, 0.717) is 0 Å². The van der Waals surface area contributed by atoms with Crippen LogP contribution in [0.4, 0.5) is 0 Å². The number of rotatable bonds is 2. The predicted molar refractivity (Wildman–Crippen MR) is 73.1 cm³/mol. The molecule has 1 aliphatic rings. The average molecular weight is 263 g/mol. The fourth-order valence-electron chi connectivity index (χ4n) is 2.56. The van der Waals surface area contributed by atoms with E-state index in [0.717, 1.165) is 32.5 Å². The van der Waals surface area contributed by atoms with Crippen molar-refractivity contribution >= 4 is 5.91 Å². The van der Waals surface area contributed by atoms with Gasteiger partial charge in [-0.1, -0.05) is 6.92 Å². The highest BCUT2D eigenvalue weighted by Crippen LogP contribution is 2.19. The molecule has 19 heavy (non-hydrogen) atoms. The Hall–Kier alpha value is -1.62. The van der Waals surface area contributed by atoms with Gasteiger partial charge in [-0.15, -0.1) is 0 Å². The molecule has 1 fully saturated rings. The first-order valence-corrected chi connectivity index (χ1v) is 6.77. The molecule has 2 rings (SSSR count). The second kappa shape index (κ2) is 6.02. The summed E-state index contributed by atoms with van der Waals surface area (Å²) in [6.07, 6.45) is 3.40. The highest BCUT2D eigenvalue weighted by Gasteiger charge is 2.28. The molecule has 2 heterocycles. The van der Waals surface area contributed by atoms with Crippen molar-refractivity contribution in [3.8, 4) is 5.75 Å². The summed E-state index contributed by atoms with van der Waals surface area (Å²) in [7, 11) is 2.08. The van der Waals surface area contributed by atoms with Gasteiger partial charge in [0.25, 0.3) is 5.91 Å². The maximum atomic E-state index is 12.5. The largest absolute Gasteiger partial charge is 0.505 e. The molecule has 104 valence electrons. The van der Waals surface area contributed by atoms with Crippen molar-refractivity contribution in [2.45, 2.75) is 25.8 Å². The van der Waals surface area contributed by atoms with E-state index in [1.165, 1.54) is 12.3 Å². The molecule has 0 radical (unpaired) electrons. The van der Waals surface area contributed by atoms with E-state index >= 15 is 0 Å². The van der Waals surface area contributed by atoms with Gasteiger partial charge in [0, 0.05) is 25.3 Å². The molecule has 1 unspecified atom stereocenters. The van der Waals surface area contributed by atoms with E-state index in [9.17, 15) is 9.90 Å². The van der Waals surface area contributed by atoms with Crippen LogP contribution in [0.15, 0.2) is 18.3 Å². The second-order valence-corrected chi connectivity index (χ2v) is 5.05. The molecule has 0 saturated carbocycles. The Morgan fingerprint density at radius 1 is 1.53 bits per heavy atom. The number of pyridine rings is 1. The summed E-state index contributed by atoms with van der Waals surface area (Å²) in [6.45, 7) is 4.67. The number of nitrogens with zero attached hydrogens (tertiary/aromatic N) is 3. The zero-order chi connectivity index (χ0) is 13.8. The first-order chi connectivity index (χ1) is 9.13. The van der Waals surface area contributed by atoms with E-state index in [1.54, 1.807) is 6.07 Å². The van der Waals surface area contributed by atoms with E-state index < -0.39 is 0 Å². The number of carbonyl (C=O) groups excluding carboxylic acids is 1. The van der Waals surface area contributed by atoms with Crippen molar-refractivity contribution in [2.24, 2.45) is 0 Å². The third kappa shape index (κ3) is 3.04. The van der Waals surface area contributed by atoms with Crippen molar-refractivity contribution in [1.82, 2.24) is 14.8 Å². The summed E-state index contributed by atoms with van der Waals surface area (Å²) in [6, 6.07) is 3.31. The van der Waals surface area contributed by atoms with Gasteiger partial charge >= 0.3 is 0 Å². The predicted octanol–water partition coefficient (Wildman–Crippen LogP) is 1.34. The lowest BCUT2D eigenvalue weighted by Gasteiger charge is -2.30. The van der Waals surface area contributed by atoms with E-state index in [-0.39, 0.29) is 23.4 Å². The topological polar surface area (TPSA) is 56.7 Å². The maximum Gasteiger partial charge on any atom is 0.276 e. The highest BCUT2D eigenvalue weighted by molar-refractivity contribution is 5.95. The van der Waals surface area contributed by atoms with Gasteiger partial charge in [0.15, 0.2) is 5.69 Å². The molecule has 0 bridgehead atoms. The molecule has 1 aromatic rings. The van der Waals surface area contributed by atoms with Gasteiger partial charge in [-0.2, -0.15) is 0 Å². The van der Waals surface area contributed by atoms with Gasteiger partial charge < -0.3 is 14.9 Å². The minimum absolute atomic E-state index is 0.0417. The molecule has 1 aromatic heterocycles. The van der Waals surface area contributed by atoms with E-state index in [1.807, 2.05) is 4.90 Å². The average Bonchev–Trinajstić information content (AvgIpc) is 2.60. The molecule has 5 nitrogen and oxygen atoms in total. The van der Waals surface area contributed by atoms with Crippen LogP contribution in [0.5, 0.6) is 5.75 Å². The number of aromatic hydroxyl groups is 1. The Morgan fingerprint density at radius 2 is 2.32 bits per heavy atom. The van der Waals surface area contributed by atoms with Gasteiger partial charge in [-0.05, 0) is 38.6 Å². The van der Waals surface area contributed by atoms with Crippen molar-refractivity contribution in [3.63, 3.8) is 0 Å². The van der Waals surface area contributed by atoms with Crippen LogP contribution in [0.25, 0.3) is 0 Å². The zero-order valence-electron chi connectivity index (χ0n) is 11.5. The first kappa shape index (κ1) is 13.8. The van der Waals surface area contributed by atoms with Crippen LogP contribution < -0.4 is 0 Å². The van der Waals surface area contributed by atoms with Crippen LogP contribution in [-0.4, -0.2) is 58.5 Å². The van der Waals surface area contributed by atoms with Gasteiger partial charge in [0.05, 0.1) is 0 Å². The second-order valence-electron chi connectivity index (χ2n) is 5.05. The zero-order valence-corrected chi connectivity index (χ0v) is 11.5. The minimum Gasteiger partial charge on any atom is -0.505 e. The van der Waals surface area contributed by atoms with Crippen molar-refractivity contribution < 1.29 is 9.90 Å². The quantitative estimate of drug-likeness (QED) is 0.875. The summed E-state index contributed by atoms with van der Waals surface area (Å²) in [5.74, 6) is -0.208.